The lowest BCUT2D eigenvalue weighted by molar-refractivity contribution is 0.0525. The van der Waals surface area contributed by atoms with Gasteiger partial charge in [-0.15, -0.1) is 0 Å². The third-order valence-corrected chi connectivity index (χ3v) is 1.63. The molecule has 1 aliphatic carbocycles. The van der Waals surface area contributed by atoms with Crippen molar-refractivity contribution in [3.05, 3.63) is 0 Å². The van der Waals surface area contributed by atoms with E-state index in [0.29, 0.717) is 5.92 Å². The standard InChI is InChI=1S/C9H17NO2/c1-9(2,3)12-8(11)10-6-7-4-5-7/h7H,4-6H2,1-3H3,(H,10,11). The van der Waals surface area contributed by atoms with E-state index in [4.69, 9.17) is 4.74 Å². The third-order valence-electron chi connectivity index (χ3n) is 1.63. The molecule has 1 amide bonds. The quantitative estimate of drug-likeness (QED) is 0.689. The molecule has 0 spiro atoms. The van der Waals surface area contributed by atoms with Gasteiger partial charge in [0.25, 0.3) is 0 Å². The van der Waals surface area contributed by atoms with Crippen LogP contribution in [-0.4, -0.2) is 18.2 Å². The Bertz CT molecular complexity index is 168. The molecule has 70 valence electrons. The lowest BCUT2D eigenvalue weighted by Gasteiger charge is -2.19. The molecule has 0 aromatic rings. The highest BCUT2D eigenvalue weighted by Gasteiger charge is 2.23. The number of carbonyl (C=O) groups is 1. The summed E-state index contributed by atoms with van der Waals surface area (Å²) in [7, 11) is 0. The van der Waals surface area contributed by atoms with Crippen LogP contribution in [0.4, 0.5) is 4.79 Å². The number of amides is 1. The minimum atomic E-state index is -0.381. The molecule has 0 radical (unpaired) electrons. The van der Waals surface area contributed by atoms with E-state index in [2.05, 4.69) is 5.32 Å². The van der Waals surface area contributed by atoms with Crippen molar-refractivity contribution in [1.29, 1.82) is 0 Å². The van der Waals surface area contributed by atoms with E-state index < -0.39 is 0 Å². The zero-order valence-corrected chi connectivity index (χ0v) is 8.02. The van der Waals surface area contributed by atoms with Gasteiger partial charge in [-0.2, -0.15) is 0 Å². The van der Waals surface area contributed by atoms with Crippen LogP contribution in [0.1, 0.15) is 33.6 Å². The molecule has 0 aliphatic heterocycles. The van der Waals surface area contributed by atoms with E-state index >= 15 is 0 Å². The van der Waals surface area contributed by atoms with Crippen LogP contribution < -0.4 is 5.32 Å². The van der Waals surface area contributed by atoms with Crippen LogP contribution in [0.5, 0.6) is 0 Å². The van der Waals surface area contributed by atoms with Crippen molar-refractivity contribution in [2.24, 2.45) is 5.92 Å². The maximum Gasteiger partial charge on any atom is 0.407 e. The van der Waals surface area contributed by atoms with Crippen LogP contribution in [0.3, 0.4) is 0 Å². The molecule has 0 heterocycles. The molecule has 3 nitrogen and oxygen atoms in total. The Labute approximate surface area is 73.5 Å². The van der Waals surface area contributed by atoms with Crippen LogP contribution in [0, 0.1) is 5.92 Å². The monoisotopic (exact) mass is 171 g/mol. The molecule has 3 heteroatoms. The first-order chi connectivity index (χ1) is 5.47. The first kappa shape index (κ1) is 9.36. The first-order valence-corrected chi connectivity index (χ1v) is 4.44. The van der Waals surface area contributed by atoms with Gasteiger partial charge < -0.3 is 10.1 Å². The van der Waals surface area contributed by atoms with Gasteiger partial charge in [0.15, 0.2) is 0 Å². The number of carbonyl (C=O) groups excluding carboxylic acids is 1. The average molecular weight is 171 g/mol. The zero-order chi connectivity index (χ0) is 9.19. The van der Waals surface area contributed by atoms with Crippen LogP contribution in [-0.2, 0) is 4.74 Å². The Hall–Kier alpha value is -0.730. The molecule has 1 N–H and O–H groups in total. The molecule has 0 atom stereocenters. The van der Waals surface area contributed by atoms with Crippen LogP contribution in [0.2, 0.25) is 0 Å². The summed E-state index contributed by atoms with van der Waals surface area (Å²) in [6.07, 6.45) is 2.19. The van der Waals surface area contributed by atoms with Crippen molar-refractivity contribution >= 4 is 6.09 Å². The highest BCUT2D eigenvalue weighted by Crippen LogP contribution is 2.27. The second-order valence-electron chi connectivity index (χ2n) is 4.33. The van der Waals surface area contributed by atoms with Crippen molar-refractivity contribution in [1.82, 2.24) is 5.32 Å². The van der Waals surface area contributed by atoms with E-state index in [1.54, 1.807) is 0 Å². The second kappa shape index (κ2) is 3.33. The van der Waals surface area contributed by atoms with Crippen molar-refractivity contribution < 1.29 is 9.53 Å². The second-order valence-corrected chi connectivity index (χ2v) is 4.33. The highest BCUT2D eigenvalue weighted by atomic mass is 16.6. The molecule has 0 unspecified atom stereocenters. The van der Waals surface area contributed by atoms with Crippen molar-refractivity contribution in [3.63, 3.8) is 0 Å². The number of ether oxygens (including phenoxy) is 1. The SMILES string of the molecule is CC(C)(C)OC(=O)NCC1CC1. The van der Waals surface area contributed by atoms with Crippen molar-refractivity contribution in [2.75, 3.05) is 6.54 Å². The number of alkyl carbamates (subject to hydrolysis) is 1. The molecule has 1 rings (SSSR count). The lowest BCUT2D eigenvalue weighted by Crippen LogP contribution is -2.33. The molecule has 1 saturated carbocycles. The van der Waals surface area contributed by atoms with E-state index in [9.17, 15) is 4.79 Å². The van der Waals surface area contributed by atoms with E-state index in [1.807, 2.05) is 20.8 Å². The Balaban J connectivity index is 2.10. The summed E-state index contributed by atoms with van der Waals surface area (Å²) < 4.78 is 5.07. The molecule has 0 saturated heterocycles. The third kappa shape index (κ3) is 4.21. The Morgan fingerprint density at radius 1 is 1.50 bits per heavy atom. The van der Waals surface area contributed by atoms with Crippen LogP contribution in [0.25, 0.3) is 0 Å². The summed E-state index contributed by atoms with van der Waals surface area (Å²) >= 11 is 0. The van der Waals surface area contributed by atoms with Gasteiger partial charge in [0.1, 0.15) is 5.60 Å². The highest BCUT2D eigenvalue weighted by molar-refractivity contribution is 5.67. The largest absolute Gasteiger partial charge is 0.444 e. The van der Waals surface area contributed by atoms with Gasteiger partial charge in [0, 0.05) is 6.54 Å². The summed E-state index contributed by atoms with van der Waals surface area (Å²) in [6, 6.07) is 0. The van der Waals surface area contributed by atoms with E-state index in [-0.39, 0.29) is 11.7 Å². The van der Waals surface area contributed by atoms with Crippen LogP contribution in [0.15, 0.2) is 0 Å². The van der Waals surface area contributed by atoms with Crippen molar-refractivity contribution in [2.45, 2.75) is 39.2 Å². The number of hydrogen-bond acceptors (Lipinski definition) is 2. The zero-order valence-electron chi connectivity index (χ0n) is 8.02. The van der Waals surface area contributed by atoms with Gasteiger partial charge in [0.2, 0.25) is 0 Å². The van der Waals surface area contributed by atoms with Gasteiger partial charge >= 0.3 is 6.09 Å². The molecular formula is C9H17NO2. The average Bonchev–Trinajstić information content (AvgIpc) is 2.61. The molecule has 1 aliphatic rings. The fraction of sp³-hybridized carbons (Fsp3) is 0.889. The predicted octanol–water partition coefficient (Wildman–Crippen LogP) is 1.92. The fourth-order valence-electron chi connectivity index (χ4n) is 0.864. The maximum atomic E-state index is 11.1. The summed E-state index contributed by atoms with van der Waals surface area (Å²) in [5.41, 5.74) is -0.381. The van der Waals surface area contributed by atoms with Gasteiger partial charge in [-0.25, -0.2) is 4.79 Å². The number of hydrogen-bond donors (Lipinski definition) is 1. The number of rotatable bonds is 2. The Morgan fingerprint density at radius 3 is 2.50 bits per heavy atom. The van der Waals surface area contributed by atoms with E-state index in [1.165, 1.54) is 12.8 Å². The molecule has 12 heavy (non-hydrogen) atoms. The van der Waals surface area contributed by atoms with Gasteiger partial charge in [-0.05, 0) is 39.5 Å². The molecule has 0 bridgehead atoms. The maximum absolute atomic E-state index is 11.1. The smallest absolute Gasteiger partial charge is 0.407 e. The van der Waals surface area contributed by atoms with E-state index in [0.717, 1.165) is 6.54 Å². The summed E-state index contributed by atoms with van der Waals surface area (Å²) in [5, 5.41) is 2.74. The van der Waals surface area contributed by atoms with Crippen molar-refractivity contribution in [3.8, 4) is 0 Å². The fourth-order valence-corrected chi connectivity index (χ4v) is 0.864. The van der Waals surface area contributed by atoms with Gasteiger partial charge in [-0.1, -0.05) is 0 Å². The minimum Gasteiger partial charge on any atom is -0.444 e. The lowest BCUT2D eigenvalue weighted by atomic mass is 10.2. The van der Waals surface area contributed by atoms with Crippen LogP contribution >= 0.6 is 0 Å². The minimum absolute atomic E-state index is 0.297. The first-order valence-electron chi connectivity index (χ1n) is 4.44. The predicted molar refractivity (Wildman–Crippen MR) is 47.0 cm³/mol. The molecule has 0 aromatic heterocycles. The Kier molecular flexibility index (Phi) is 2.60. The molecule has 1 fully saturated rings. The summed E-state index contributed by atoms with van der Waals surface area (Å²) in [6.45, 7) is 6.37. The Morgan fingerprint density at radius 2 is 2.08 bits per heavy atom. The van der Waals surface area contributed by atoms with Gasteiger partial charge in [0.05, 0.1) is 0 Å². The number of nitrogens with one attached hydrogen (secondary N) is 1. The normalized spacial score (nSPS) is 17.2. The van der Waals surface area contributed by atoms with Gasteiger partial charge in [-0.3, -0.25) is 0 Å². The topological polar surface area (TPSA) is 38.3 Å². The summed E-state index contributed by atoms with van der Waals surface area (Å²) in [4.78, 5) is 11.1. The summed E-state index contributed by atoms with van der Waals surface area (Å²) in [5.74, 6) is 0.706. The molecular weight excluding hydrogens is 154 g/mol. The molecule has 0 aromatic carbocycles.